The fourth-order valence-electron chi connectivity index (χ4n) is 6.00. The summed E-state index contributed by atoms with van der Waals surface area (Å²) in [5.41, 5.74) is 7.00. The monoisotopic (exact) mass is 481 g/mol. The second-order valence-corrected chi connectivity index (χ2v) is 10.7. The highest BCUT2D eigenvalue weighted by atomic mass is 16.2. The summed E-state index contributed by atoms with van der Waals surface area (Å²) in [5, 5.41) is 0. The quantitative estimate of drug-likeness (QED) is 0.462. The fraction of sp³-hybridized carbons (Fsp3) is 0.406. The average molecular weight is 482 g/mol. The van der Waals surface area contributed by atoms with Crippen LogP contribution in [0.1, 0.15) is 46.8 Å². The summed E-state index contributed by atoms with van der Waals surface area (Å²) < 4.78 is 0. The van der Waals surface area contributed by atoms with Crippen LogP contribution in [0.15, 0.2) is 72.8 Å². The van der Waals surface area contributed by atoms with Crippen LogP contribution in [-0.2, 0) is 6.54 Å². The van der Waals surface area contributed by atoms with E-state index >= 15 is 0 Å². The van der Waals surface area contributed by atoms with E-state index in [2.05, 4.69) is 76.2 Å². The Balaban J connectivity index is 1.12. The van der Waals surface area contributed by atoms with Gasteiger partial charge < -0.3 is 4.90 Å². The zero-order chi connectivity index (χ0) is 25.1. The summed E-state index contributed by atoms with van der Waals surface area (Å²) in [6.45, 7) is 12.5. The first kappa shape index (κ1) is 24.7. The van der Waals surface area contributed by atoms with Gasteiger partial charge in [-0.05, 0) is 61.4 Å². The lowest BCUT2D eigenvalue weighted by Gasteiger charge is -2.45. The van der Waals surface area contributed by atoms with Crippen molar-refractivity contribution < 1.29 is 4.79 Å². The van der Waals surface area contributed by atoms with Crippen LogP contribution in [0.25, 0.3) is 11.1 Å². The van der Waals surface area contributed by atoms with Gasteiger partial charge >= 0.3 is 0 Å². The molecule has 2 aliphatic rings. The van der Waals surface area contributed by atoms with E-state index < -0.39 is 0 Å². The molecule has 4 nitrogen and oxygen atoms in total. The number of piperazine rings is 1. The molecule has 0 spiro atoms. The summed E-state index contributed by atoms with van der Waals surface area (Å²) in [4.78, 5) is 20.6. The summed E-state index contributed by atoms with van der Waals surface area (Å²) in [6, 6.07) is 26.9. The highest BCUT2D eigenvalue weighted by Crippen LogP contribution is 2.25. The molecule has 0 N–H and O–H groups in total. The van der Waals surface area contributed by atoms with Gasteiger partial charge in [-0.2, -0.15) is 0 Å². The molecule has 188 valence electrons. The van der Waals surface area contributed by atoms with Gasteiger partial charge in [0.15, 0.2) is 0 Å². The Morgan fingerprint density at radius 1 is 0.778 bits per heavy atom. The number of rotatable bonds is 5. The Hall–Kier alpha value is -2.95. The van der Waals surface area contributed by atoms with Gasteiger partial charge in [0.25, 0.3) is 5.91 Å². The standard InChI is InChI=1S/C32H39N3O/c1-24-8-7-9-25(2)31(24)32(36)33-18-16-30(17-19-33)35-21-20-34(26(3)22-35)23-27-12-14-29(15-13-27)28-10-5-4-6-11-28/h4-15,26,30H,16-23H2,1-3H3. The van der Waals surface area contributed by atoms with Crippen LogP contribution < -0.4 is 0 Å². The van der Waals surface area contributed by atoms with Crippen molar-refractivity contribution in [1.29, 1.82) is 0 Å². The first-order chi connectivity index (χ1) is 17.5. The van der Waals surface area contributed by atoms with Gasteiger partial charge in [-0.15, -0.1) is 0 Å². The molecule has 2 fully saturated rings. The van der Waals surface area contributed by atoms with Crippen LogP contribution in [0.4, 0.5) is 0 Å². The van der Waals surface area contributed by atoms with Gasteiger partial charge in [0.1, 0.15) is 0 Å². The van der Waals surface area contributed by atoms with Crippen LogP contribution in [0.3, 0.4) is 0 Å². The zero-order valence-electron chi connectivity index (χ0n) is 22.0. The average Bonchev–Trinajstić information content (AvgIpc) is 2.91. The Morgan fingerprint density at radius 2 is 1.42 bits per heavy atom. The van der Waals surface area contributed by atoms with E-state index in [9.17, 15) is 4.79 Å². The van der Waals surface area contributed by atoms with Gasteiger partial charge in [0.05, 0.1) is 0 Å². The predicted molar refractivity (Wildman–Crippen MR) is 148 cm³/mol. The third kappa shape index (κ3) is 5.40. The van der Waals surface area contributed by atoms with Crippen LogP contribution in [0.5, 0.6) is 0 Å². The number of benzene rings is 3. The highest BCUT2D eigenvalue weighted by Gasteiger charge is 2.32. The van der Waals surface area contributed by atoms with Gasteiger partial charge in [-0.3, -0.25) is 14.6 Å². The molecule has 0 aliphatic carbocycles. The summed E-state index contributed by atoms with van der Waals surface area (Å²) in [7, 11) is 0. The Bertz CT molecular complexity index is 1150. The minimum Gasteiger partial charge on any atom is -0.339 e. The Kier molecular flexibility index (Phi) is 7.54. The second-order valence-electron chi connectivity index (χ2n) is 10.7. The molecule has 0 bridgehead atoms. The van der Waals surface area contributed by atoms with Crippen molar-refractivity contribution in [3.05, 3.63) is 95.1 Å². The number of carbonyl (C=O) groups is 1. The van der Waals surface area contributed by atoms with Crippen LogP contribution in [0.2, 0.25) is 0 Å². The van der Waals surface area contributed by atoms with E-state index in [0.29, 0.717) is 12.1 Å². The van der Waals surface area contributed by atoms with Gasteiger partial charge in [0, 0.05) is 56.9 Å². The number of carbonyl (C=O) groups excluding carboxylic acids is 1. The number of likely N-dealkylation sites (tertiary alicyclic amines) is 1. The van der Waals surface area contributed by atoms with Crippen LogP contribution >= 0.6 is 0 Å². The number of amides is 1. The molecule has 2 saturated heterocycles. The topological polar surface area (TPSA) is 26.8 Å². The van der Waals surface area contributed by atoms with E-state index in [4.69, 9.17) is 0 Å². The van der Waals surface area contributed by atoms with Crippen LogP contribution in [0, 0.1) is 13.8 Å². The van der Waals surface area contributed by atoms with E-state index in [-0.39, 0.29) is 5.91 Å². The molecule has 0 radical (unpaired) electrons. The lowest BCUT2D eigenvalue weighted by molar-refractivity contribution is 0.0259. The van der Waals surface area contributed by atoms with Crippen molar-refractivity contribution in [2.45, 2.75) is 52.2 Å². The summed E-state index contributed by atoms with van der Waals surface area (Å²) in [5.74, 6) is 0.209. The van der Waals surface area contributed by atoms with Gasteiger partial charge in [-0.25, -0.2) is 0 Å². The molecular formula is C32H39N3O. The first-order valence-electron chi connectivity index (χ1n) is 13.5. The van der Waals surface area contributed by atoms with Crippen molar-refractivity contribution in [3.63, 3.8) is 0 Å². The third-order valence-corrected chi connectivity index (χ3v) is 8.21. The molecule has 1 unspecified atom stereocenters. The highest BCUT2D eigenvalue weighted by molar-refractivity contribution is 5.97. The molecule has 0 saturated carbocycles. The van der Waals surface area contributed by atoms with Crippen molar-refractivity contribution in [1.82, 2.24) is 14.7 Å². The second kappa shape index (κ2) is 11.0. The van der Waals surface area contributed by atoms with Crippen LogP contribution in [-0.4, -0.2) is 65.4 Å². The molecule has 36 heavy (non-hydrogen) atoms. The number of hydrogen-bond acceptors (Lipinski definition) is 3. The number of nitrogens with zero attached hydrogens (tertiary/aromatic N) is 3. The molecule has 3 aromatic rings. The van der Waals surface area contributed by atoms with Crippen molar-refractivity contribution >= 4 is 5.91 Å². The fourth-order valence-corrected chi connectivity index (χ4v) is 6.00. The van der Waals surface area contributed by atoms with Gasteiger partial charge in [-0.1, -0.05) is 72.8 Å². The molecule has 1 atom stereocenters. The minimum atomic E-state index is 0.209. The summed E-state index contributed by atoms with van der Waals surface area (Å²) in [6.07, 6.45) is 2.15. The molecule has 4 heteroatoms. The third-order valence-electron chi connectivity index (χ3n) is 8.21. The first-order valence-corrected chi connectivity index (χ1v) is 13.5. The number of hydrogen-bond donors (Lipinski definition) is 0. The normalized spacial score (nSPS) is 20.0. The largest absolute Gasteiger partial charge is 0.339 e. The summed E-state index contributed by atoms with van der Waals surface area (Å²) >= 11 is 0. The minimum absolute atomic E-state index is 0.209. The molecule has 0 aromatic heterocycles. The molecule has 1 amide bonds. The lowest BCUT2D eigenvalue weighted by atomic mass is 9.97. The Morgan fingerprint density at radius 3 is 2.06 bits per heavy atom. The van der Waals surface area contributed by atoms with E-state index in [1.807, 2.05) is 32.0 Å². The Labute approximate surface area is 216 Å². The maximum atomic E-state index is 13.2. The zero-order valence-corrected chi connectivity index (χ0v) is 22.0. The smallest absolute Gasteiger partial charge is 0.254 e. The number of piperidine rings is 1. The van der Waals surface area contributed by atoms with Gasteiger partial charge in [0.2, 0.25) is 0 Å². The number of aryl methyl sites for hydroxylation is 2. The lowest BCUT2D eigenvalue weighted by Crippen LogP contribution is -2.56. The maximum absolute atomic E-state index is 13.2. The predicted octanol–water partition coefficient (Wildman–Crippen LogP) is 5.78. The molecular weight excluding hydrogens is 442 g/mol. The molecule has 3 aromatic carbocycles. The van der Waals surface area contributed by atoms with Crippen molar-refractivity contribution in [3.8, 4) is 11.1 Å². The molecule has 2 aliphatic heterocycles. The molecule has 5 rings (SSSR count). The van der Waals surface area contributed by atoms with E-state index in [0.717, 1.165) is 68.8 Å². The van der Waals surface area contributed by atoms with E-state index in [1.165, 1.54) is 16.7 Å². The van der Waals surface area contributed by atoms with Crippen molar-refractivity contribution in [2.75, 3.05) is 32.7 Å². The maximum Gasteiger partial charge on any atom is 0.254 e. The van der Waals surface area contributed by atoms with Crippen molar-refractivity contribution in [2.24, 2.45) is 0 Å². The molecule has 2 heterocycles. The SMILES string of the molecule is Cc1cccc(C)c1C(=O)N1CCC(N2CCN(Cc3ccc(-c4ccccc4)cc3)C(C)C2)CC1. The van der Waals surface area contributed by atoms with E-state index in [1.54, 1.807) is 0 Å².